The van der Waals surface area contributed by atoms with Gasteiger partial charge < -0.3 is 4.55 Å². The second-order valence-corrected chi connectivity index (χ2v) is 12.8. The molecule has 0 aromatic heterocycles. The van der Waals surface area contributed by atoms with Crippen molar-refractivity contribution >= 4 is 18.0 Å². The number of aryl methyl sites for hydroxylation is 1. The van der Waals surface area contributed by atoms with Crippen LogP contribution in [0.25, 0.3) is 0 Å². The van der Waals surface area contributed by atoms with Crippen molar-refractivity contribution in [3.05, 3.63) is 29.3 Å². The summed E-state index contributed by atoms with van der Waals surface area (Å²) in [5.41, 5.74) is 4.95. The molecule has 144 valence electrons. The van der Waals surface area contributed by atoms with Gasteiger partial charge in [-0.25, -0.2) is 8.42 Å². The van der Waals surface area contributed by atoms with Gasteiger partial charge in [-0.2, -0.15) is 0 Å². The predicted molar refractivity (Wildman–Crippen MR) is 106 cm³/mol. The second kappa shape index (κ2) is 9.58. The molecule has 27 heavy (non-hydrogen) atoms. The molecule has 0 bridgehead atoms. The molecule has 0 N–H and O–H groups in total. The molecular formula is C21H30NaO3PS. The SMILES string of the molecule is O=S(=O)([O-])c1ccc2c(c1)CCC2P(C1CCCCC1)C1CCCCC1.[Na+]. The summed E-state index contributed by atoms with van der Waals surface area (Å²) in [6.45, 7) is 0. The minimum atomic E-state index is -4.35. The Kier molecular flexibility index (Phi) is 7.89. The summed E-state index contributed by atoms with van der Waals surface area (Å²) in [5.74, 6) is 0. The van der Waals surface area contributed by atoms with E-state index < -0.39 is 10.1 Å². The van der Waals surface area contributed by atoms with E-state index >= 15 is 0 Å². The third-order valence-corrected chi connectivity index (χ3v) is 11.6. The fraction of sp³-hybridized carbons (Fsp3) is 0.714. The van der Waals surface area contributed by atoms with Crippen molar-refractivity contribution < 1.29 is 42.5 Å². The van der Waals surface area contributed by atoms with Crippen molar-refractivity contribution in [1.29, 1.82) is 0 Å². The standard InChI is InChI=1S/C21H31O3PS.Na/c22-26(23,24)19-12-13-20-16(15-19)11-14-21(20)25(17-7-3-1-4-8-17)18-9-5-2-6-10-18;/h12-13,15,17-18,21H,1-11,14H2,(H,22,23,24);/q;+1/p-1. The van der Waals surface area contributed by atoms with E-state index in [4.69, 9.17) is 0 Å². The molecule has 2 fully saturated rings. The van der Waals surface area contributed by atoms with Gasteiger partial charge in [-0.05, 0) is 73.1 Å². The average Bonchev–Trinajstić information content (AvgIpc) is 3.06. The maximum atomic E-state index is 11.4. The zero-order valence-electron chi connectivity index (χ0n) is 16.5. The Labute approximate surface area is 187 Å². The smallest absolute Gasteiger partial charge is 0.744 e. The van der Waals surface area contributed by atoms with Crippen molar-refractivity contribution in [3.63, 3.8) is 0 Å². The average molecular weight is 416 g/mol. The van der Waals surface area contributed by atoms with E-state index in [-0.39, 0.29) is 42.4 Å². The van der Waals surface area contributed by atoms with Gasteiger partial charge >= 0.3 is 29.6 Å². The normalized spacial score (nSPS) is 24.6. The molecule has 0 radical (unpaired) electrons. The summed E-state index contributed by atoms with van der Waals surface area (Å²) in [6.07, 6.45) is 16.1. The molecule has 6 heteroatoms. The minimum Gasteiger partial charge on any atom is -0.744 e. The molecule has 0 aliphatic heterocycles. The number of rotatable bonds is 4. The van der Waals surface area contributed by atoms with E-state index in [1.54, 1.807) is 12.1 Å². The Bertz CT molecular complexity index is 722. The summed E-state index contributed by atoms with van der Waals surface area (Å²) in [4.78, 5) is -0.0449. The molecule has 0 heterocycles. The first-order valence-corrected chi connectivity index (χ1v) is 13.4. The Morgan fingerprint density at radius 1 is 0.852 bits per heavy atom. The first-order valence-electron chi connectivity index (χ1n) is 10.4. The second-order valence-electron chi connectivity index (χ2n) is 8.40. The van der Waals surface area contributed by atoms with Gasteiger partial charge in [0.15, 0.2) is 0 Å². The van der Waals surface area contributed by atoms with Crippen LogP contribution >= 0.6 is 7.92 Å². The zero-order chi connectivity index (χ0) is 18.1. The van der Waals surface area contributed by atoms with Crippen LogP contribution in [-0.2, 0) is 16.5 Å². The van der Waals surface area contributed by atoms with Crippen LogP contribution in [0.2, 0.25) is 0 Å². The molecule has 0 saturated heterocycles. The topological polar surface area (TPSA) is 57.2 Å². The van der Waals surface area contributed by atoms with Crippen LogP contribution in [0.5, 0.6) is 0 Å². The van der Waals surface area contributed by atoms with Crippen LogP contribution in [0.15, 0.2) is 23.1 Å². The summed E-state index contributed by atoms with van der Waals surface area (Å²) in [6, 6.07) is 5.22. The Morgan fingerprint density at radius 3 is 1.93 bits per heavy atom. The summed E-state index contributed by atoms with van der Waals surface area (Å²) in [5, 5.41) is 0. The third-order valence-electron chi connectivity index (χ3n) is 6.80. The van der Waals surface area contributed by atoms with E-state index in [1.165, 1.54) is 69.8 Å². The molecule has 3 aliphatic carbocycles. The monoisotopic (exact) mass is 416 g/mol. The zero-order valence-corrected chi connectivity index (χ0v) is 20.2. The maximum Gasteiger partial charge on any atom is 1.00 e. The van der Waals surface area contributed by atoms with E-state index in [0.717, 1.165) is 29.7 Å². The van der Waals surface area contributed by atoms with Crippen molar-refractivity contribution in [1.82, 2.24) is 0 Å². The Balaban J connectivity index is 0.00000210. The molecule has 0 spiro atoms. The molecule has 4 rings (SSSR count). The summed E-state index contributed by atoms with van der Waals surface area (Å²) < 4.78 is 34.2. The fourth-order valence-electron chi connectivity index (χ4n) is 5.60. The number of hydrogen-bond acceptors (Lipinski definition) is 3. The Hall–Kier alpha value is 0.560. The van der Waals surface area contributed by atoms with Crippen molar-refractivity contribution in [2.45, 2.75) is 98.9 Å². The first kappa shape index (κ1) is 22.2. The van der Waals surface area contributed by atoms with Crippen molar-refractivity contribution in [3.8, 4) is 0 Å². The van der Waals surface area contributed by atoms with Crippen LogP contribution < -0.4 is 29.6 Å². The fourth-order valence-corrected chi connectivity index (χ4v) is 10.7. The molecule has 0 amide bonds. The van der Waals surface area contributed by atoms with Crippen molar-refractivity contribution in [2.24, 2.45) is 0 Å². The molecule has 2 saturated carbocycles. The number of fused-ring (bicyclic) bond motifs is 1. The summed E-state index contributed by atoms with van der Waals surface area (Å²) >= 11 is 0. The quantitative estimate of drug-likeness (QED) is 0.431. The van der Waals surface area contributed by atoms with Gasteiger partial charge in [-0.3, -0.25) is 0 Å². The van der Waals surface area contributed by atoms with E-state index in [0.29, 0.717) is 5.66 Å². The van der Waals surface area contributed by atoms with Crippen LogP contribution in [0.3, 0.4) is 0 Å². The van der Waals surface area contributed by atoms with E-state index in [2.05, 4.69) is 0 Å². The third kappa shape index (κ3) is 5.01. The molecule has 3 nitrogen and oxygen atoms in total. The molecule has 3 aliphatic rings. The van der Waals surface area contributed by atoms with E-state index in [1.807, 2.05) is 6.07 Å². The predicted octanol–water partition coefficient (Wildman–Crippen LogP) is 2.73. The van der Waals surface area contributed by atoms with Gasteiger partial charge in [0.25, 0.3) is 0 Å². The molecular weight excluding hydrogens is 386 g/mol. The number of benzene rings is 1. The molecule has 1 atom stereocenters. The number of hydrogen-bond donors (Lipinski definition) is 0. The van der Waals surface area contributed by atoms with Gasteiger partial charge in [0, 0.05) is 5.66 Å². The largest absolute Gasteiger partial charge is 1.00 e. The van der Waals surface area contributed by atoms with Crippen LogP contribution in [0, 0.1) is 0 Å². The maximum absolute atomic E-state index is 11.4. The van der Waals surface area contributed by atoms with Crippen LogP contribution in [0.4, 0.5) is 0 Å². The minimum absolute atomic E-state index is 0. The molecule has 1 aromatic carbocycles. The van der Waals surface area contributed by atoms with Gasteiger partial charge in [0.1, 0.15) is 10.1 Å². The Morgan fingerprint density at radius 2 is 1.41 bits per heavy atom. The van der Waals surface area contributed by atoms with Crippen LogP contribution in [-0.4, -0.2) is 24.3 Å². The van der Waals surface area contributed by atoms with E-state index in [9.17, 15) is 13.0 Å². The van der Waals surface area contributed by atoms with Crippen molar-refractivity contribution in [2.75, 3.05) is 0 Å². The van der Waals surface area contributed by atoms with Gasteiger partial charge in [-0.15, -0.1) is 0 Å². The van der Waals surface area contributed by atoms with Gasteiger partial charge in [0.05, 0.1) is 4.90 Å². The van der Waals surface area contributed by atoms with Crippen LogP contribution in [0.1, 0.15) is 87.4 Å². The van der Waals surface area contributed by atoms with Gasteiger partial charge in [0.2, 0.25) is 0 Å². The molecule has 1 unspecified atom stereocenters. The summed E-state index contributed by atoms with van der Waals surface area (Å²) in [7, 11) is -4.40. The molecule has 1 aromatic rings. The first-order chi connectivity index (χ1) is 12.5. The van der Waals surface area contributed by atoms with Gasteiger partial charge in [-0.1, -0.05) is 52.5 Å².